The lowest BCUT2D eigenvalue weighted by atomic mass is 10.1. The molecule has 142 valence electrons. The van der Waals surface area contributed by atoms with Crippen molar-refractivity contribution in [1.29, 1.82) is 0 Å². The number of carbonyl (C=O) groups is 2. The van der Waals surface area contributed by atoms with Crippen molar-refractivity contribution in [2.75, 3.05) is 7.11 Å². The first-order valence-corrected chi connectivity index (χ1v) is 7.84. The van der Waals surface area contributed by atoms with E-state index < -0.39 is 63.7 Å². The third-order valence-electron chi connectivity index (χ3n) is 4.46. The van der Waals surface area contributed by atoms with Crippen molar-refractivity contribution in [3.8, 4) is 0 Å². The molecule has 0 N–H and O–H groups in total. The van der Waals surface area contributed by atoms with Gasteiger partial charge in [-0.05, 0) is 11.3 Å². The maximum Gasteiger partial charge on any atom is 0.330 e. The van der Waals surface area contributed by atoms with Crippen LogP contribution in [0.1, 0.15) is 19.4 Å². The first-order valence-electron chi connectivity index (χ1n) is 7.47. The zero-order valence-electron chi connectivity index (χ0n) is 14.0. The van der Waals surface area contributed by atoms with Crippen molar-refractivity contribution in [2.45, 2.75) is 20.5 Å². The van der Waals surface area contributed by atoms with E-state index in [9.17, 15) is 27.2 Å². The maximum absolute atomic E-state index is 13.7. The summed E-state index contributed by atoms with van der Waals surface area (Å²) in [6, 6.07) is 0. The summed E-state index contributed by atoms with van der Waals surface area (Å²) in [5.41, 5.74) is -1.63. The molecule has 0 heterocycles. The molecule has 0 unspecified atom stereocenters. The first kappa shape index (κ1) is 20.2. The minimum atomic E-state index is -1.76. The lowest BCUT2D eigenvalue weighted by Crippen LogP contribution is -2.13. The van der Waals surface area contributed by atoms with E-state index in [0.29, 0.717) is 0 Å². The summed E-state index contributed by atoms with van der Waals surface area (Å²) >= 11 is 5.13. The predicted octanol–water partition coefficient (Wildman–Crippen LogP) is 3.94. The first-order chi connectivity index (χ1) is 12.0. The van der Waals surface area contributed by atoms with Crippen LogP contribution >= 0.6 is 11.6 Å². The summed E-state index contributed by atoms with van der Waals surface area (Å²) in [6.07, 6.45) is 2.63. The molecule has 1 aromatic rings. The molecule has 1 aliphatic carbocycles. The fourth-order valence-corrected chi connectivity index (χ4v) is 2.91. The summed E-state index contributed by atoms with van der Waals surface area (Å²) in [7, 11) is 1.20. The SMILES string of the molecule is COC(=O)/C=C\[C@H]1[C@@H](C(=O)OCc2c(F)c(F)c(Cl)c(F)c2F)C1(C)C. The zero-order valence-corrected chi connectivity index (χ0v) is 14.8. The molecule has 1 aliphatic rings. The van der Waals surface area contributed by atoms with Gasteiger partial charge in [-0.2, -0.15) is 0 Å². The molecule has 26 heavy (non-hydrogen) atoms. The van der Waals surface area contributed by atoms with Gasteiger partial charge in [0.05, 0.1) is 18.6 Å². The van der Waals surface area contributed by atoms with E-state index in [2.05, 4.69) is 4.74 Å². The Bertz CT molecular complexity index is 762. The number of benzene rings is 1. The van der Waals surface area contributed by atoms with Crippen LogP contribution in [0.25, 0.3) is 0 Å². The standard InChI is InChI=1S/C17H15ClF4O4/c1-17(2)8(4-5-9(23)25-3)10(17)16(24)26-6-7-12(19)14(21)11(18)15(22)13(7)20/h4-5,8,10H,6H2,1-3H3/b5-4-/t8-,10-/m0/s1. The smallest absolute Gasteiger partial charge is 0.330 e. The molecular formula is C17H15ClF4O4. The van der Waals surface area contributed by atoms with E-state index in [1.54, 1.807) is 13.8 Å². The molecule has 2 atom stereocenters. The highest BCUT2D eigenvalue weighted by Crippen LogP contribution is 2.59. The monoisotopic (exact) mass is 394 g/mol. The van der Waals surface area contributed by atoms with Gasteiger partial charge in [0, 0.05) is 6.08 Å². The molecule has 1 saturated carbocycles. The summed E-state index contributed by atoms with van der Waals surface area (Å²) < 4.78 is 63.6. The second-order valence-corrected chi connectivity index (χ2v) is 6.74. The van der Waals surface area contributed by atoms with Gasteiger partial charge in [0.2, 0.25) is 0 Å². The van der Waals surface area contributed by atoms with Gasteiger partial charge in [-0.3, -0.25) is 4.79 Å². The number of allylic oxidation sites excluding steroid dienone is 1. The highest BCUT2D eigenvalue weighted by molar-refractivity contribution is 6.30. The molecule has 0 aromatic heterocycles. The molecule has 0 bridgehead atoms. The fourth-order valence-electron chi connectivity index (χ4n) is 2.75. The Hall–Kier alpha value is -2.09. The van der Waals surface area contributed by atoms with E-state index in [-0.39, 0.29) is 5.92 Å². The molecule has 0 spiro atoms. The summed E-state index contributed by atoms with van der Waals surface area (Å²) in [6.45, 7) is 2.46. The number of carbonyl (C=O) groups excluding carboxylic acids is 2. The van der Waals surface area contributed by atoms with Gasteiger partial charge in [0.1, 0.15) is 11.6 Å². The second-order valence-electron chi connectivity index (χ2n) is 6.36. The third-order valence-corrected chi connectivity index (χ3v) is 4.80. The highest BCUT2D eigenvalue weighted by Gasteiger charge is 2.61. The van der Waals surface area contributed by atoms with E-state index in [1.165, 1.54) is 13.2 Å². The third kappa shape index (κ3) is 3.56. The molecule has 2 rings (SSSR count). The van der Waals surface area contributed by atoms with Crippen molar-refractivity contribution < 1.29 is 36.6 Å². The van der Waals surface area contributed by atoms with Crippen LogP contribution in [0.4, 0.5) is 17.6 Å². The van der Waals surface area contributed by atoms with Gasteiger partial charge in [0.15, 0.2) is 23.3 Å². The van der Waals surface area contributed by atoms with Crippen molar-refractivity contribution in [3.05, 3.63) is 46.0 Å². The molecule has 1 aromatic carbocycles. The maximum atomic E-state index is 13.7. The van der Waals surface area contributed by atoms with Crippen molar-refractivity contribution in [2.24, 2.45) is 17.3 Å². The van der Waals surface area contributed by atoms with Crippen LogP contribution in [-0.2, 0) is 25.7 Å². The Morgan fingerprint density at radius 1 is 1.12 bits per heavy atom. The Labute approximate surface area is 151 Å². The summed E-state index contributed by atoms with van der Waals surface area (Å²) in [4.78, 5) is 23.3. The second kappa shape index (κ2) is 7.26. The van der Waals surface area contributed by atoms with E-state index >= 15 is 0 Å². The topological polar surface area (TPSA) is 52.6 Å². The number of halogens is 5. The molecule has 0 saturated heterocycles. The highest BCUT2D eigenvalue weighted by atomic mass is 35.5. The molecule has 0 aliphatic heterocycles. The number of esters is 2. The van der Waals surface area contributed by atoms with Crippen LogP contribution in [0.5, 0.6) is 0 Å². The molecule has 1 fully saturated rings. The Morgan fingerprint density at radius 2 is 1.65 bits per heavy atom. The van der Waals surface area contributed by atoms with Gasteiger partial charge < -0.3 is 9.47 Å². The van der Waals surface area contributed by atoms with Crippen LogP contribution in [0, 0.1) is 40.5 Å². The Morgan fingerprint density at radius 3 is 2.15 bits per heavy atom. The van der Waals surface area contributed by atoms with E-state index in [0.717, 1.165) is 6.08 Å². The molecule has 9 heteroatoms. The van der Waals surface area contributed by atoms with Crippen molar-refractivity contribution >= 4 is 23.5 Å². The number of hydrogen-bond acceptors (Lipinski definition) is 4. The predicted molar refractivity (Wildman–Crippen MR) is 83.0 cm³/mol. The molecule has 0 amide bonds. The Kier molecular flexibility index (Phi) is 5.65. The van der Waals surface area contributed by atoms with Gasteiger partial charge in [0.25, 0.3) is 0 Å². The van der Waals surface area contributed by atoms with E-state index in [1.807, 2.05) is 0 Å². The quantitative estimate of drug-likeness (QED) is 0.249. The average Bonchev–Trinajstić information content (AvgIpc) is 3.16. The summed E-state index contributed by atoms with van der Waals surface area (Å²) in [5, 5.41) is -1.31. The van der Waals surface area contributed by atoms with E-state index in [4.69, 9.17) is 16.3 Å². The lowest BCUT2D eigenvalue weighted by Gasteiger charge is -2.10. The lowest BCUT2D eigenvalue weighted by molar-refractivity contribution is -0.147. The normalized spacial score (nSPS) is 20.9. The fraction of sp³-hybridized carbons (Fsp3) is 0.412. The van der Waals surface area contributed by atoms with Crippen molar-refractivity contribution in [1.82, 2.24) is 0 Å². The largest absolute Gasteiger partial charge is 0.466 e. The van der Waals surface area contributed by atoms with Crippen LogP contribution < -0.4 is 0 Å². The van der Waals surface area contributed by atoms with Gasteiger partial charge in [-0.25, -0.2) is 22.4 Å². The molecule has 4 nitrogen and oxygen atoms in total. The van der Waals surface area contributed by atoms with Gasteiger partial charge in [-0.15, -0.1) is 0 Å². The van der Waals surface area contributed by atoms with Crippen LogP contribution in [0.15, 0.2) is 12.2 Å². The van der Waals surface area contributed by atoms with Gasteiger partial charge in [-0.1, -0.05) is 31.5 Å². The molecule has 0 radical (unpaired) electrons. The average molecular weight is 395 g/mol. The van der Waals surface area contributed by atoms with Crippen LogP contribution in [0.2, 0.25) is 5.02 Å². The zero-order chi connectivity index (χ0) is 19.8. The molecular weight excluding hydrogens is 380 g/mol. The number of hydrogen-bond donors (Lipinski definition) is 0. The minimum absolute atomic E-state index is 0.359. The van der Waals surface area contributed by atoms with Crippen LogP contribution in [-0.4, -0.2) is 19.0 Å². The number of rotatable bonds is 5. The minimum Gasteiger partial charge on any atom is -0.466 e. The van der Waals surface area contributed by atoms with Crippen LogP contribution in [0.3, 0.4) is 0 Å². The number of methoxy groups -OCH3 is 1. The number of ether oxygens (including phenoxy) is 2. The van der Waals surface area contributed by atoms with Crippen molar-refractivity contribution in [3.63, 3.8) is 0 Å². The Balaban J connectivity index is 2.11. The van der Waals surface area contributed by atoms with Gasteiger partial charge >= 0.3 is 11.9 Å². The summed E-state index contributed by atoms with van der Waals surface area (Å²) in [5.74, 6) is -9.43.